The van der Waals surface area contributed by atoms with Gasteiger partial charge in [0.05, 0.1) is 40.5 Å². The van der Waals surface area contributed by atoms with Crippen LogP contribution in [0.5, 0.6) is 5.75 Å². The van der Waals surface area contributed by atoms with Crippen LogP contribution < -0.4 is 9.04 Å². The highest BCUT2D eigenvalue weighted by Gasteiger charge is 2.32. The van der Waals surface area contributed by atoms with Crippen LogP contribution in [0.1, 0.15) is 11.3 Å². The van der Waals surface area contributed by atoms with Gasteiger partial charge < -0.3 is 4.74 Å². The Hall–Kier alpha value is -2.78. The van der Waals surface area contributed by atoms with Crippen LogP contribution >= 0.6 is 11.6 Å². The third-order valence-corrected chi connectivity index (χ3v) is 6.33. The SMILES string of the molecule is COc1cccc(N(Cc2ncc(C(F)(F)F)cc2Cl)S(=O)(=O)c2ccccc2)c1. The third-order valence-electron chi connectivity index (χ3n) is 4.21. The van der Waals surface area contributed by atoms with E-state index in [0.29, 0.717) is 11.9 Å². The summed E-state index contributed by atoms with van der Waals surface area (Å²) in [6.45, 7) is -0.374. The van der Waals surface area contributed by atoms with Crippen LogP contribution in [0, 0.1) is 0 Å². The van der Waals surface area contributed by atoms with E-state index in [1.807, 2.05) is 0 Å². The molecule has 0 fully saturated rings. The Morgan fingerprint density at radius 2 is 1.77 bits per heavy atom. The van der Waals surface area contributed by atoms with Crippen LogP contribution in [-0.2, 0) is 22.7 Å². The minimum absolute atomic E-state index is 0.0101. The number of methoxy groups -OCH3 is 1. The maximum absolute atomic E-state index is 13.3. The van der Waals surface area contributed by atoms with Crippen molar-refractivity contribution >= 4 is 27.3 Å². The quantitative estimate of drug-likeness (QED) is 0.514. The van der Waals surface area contributed by atoms with Crippen molar-refractivity contribution in [3.8, 4) is 5.75 Å². The first-order chi connectivity index (χ1) is 14.1. The first kappa shape index (κ1) is 21.9. The minimum atomic E-state index is -4.61. The second-order valence-corrected chi connectivity index (χ2v) is 8.45. The molecular formula is C20H16ClF3N2O3S. The van der Waals surface area contributed by atoms with Crippen molar-refractivity contribution < 1.29 is 26.3 Å². The normalized spacial score (nSPS) is 11.9. The lowest BCUT2D eigenvalue weighted by Crippen LogP contribution is -2.31. The van der Waals surface area contributed by atoms with Gasteiger partial charge in [0.2, 0.25) is 0 Å². The first-order valence-electron chi connectivity index (χ1n) is 8.56. The van der Waals surface area contributed by atoms with Gasteiger partial charge in [-0.15, -0.1) is 0 Å². The molecular weight excluding hydrogens is 441 g/mol. The highest BCUT2D eigenvalue weighted by Crippen LogP contribution is 2.33. The third kappa shape index (κ3) is 4.68. The first-order valence-corrected chi connectivity index (χ1v) is 10.4. The highest BCUT2D eigenvalue weighted by atomic mass is 35.5. The second-order valence-electron chi connectivity index (χ2n) is 6.18. The average molecular weight is 457 g/mol. The van der Waals surface area contributed by atoms with Gasteiger partial charge in [-0.05, 0) is 30.3 Å². The van der Waals surface area contributed by atoms with E-state index in [0.717, 1.165) is 10.4 Å². The number of ether oxygens (including phenoxy) is 1. The maximum Gasteiger partial charge on any atom is 0.417 e. The van der Waals surface area contributed by atoms with Crippen LogP contribution in [0.2, 0.25) is 5.02 Å². The molecule has 1 heterocycles. The molecule has 0 unspecified atom stereocenters. The van der Waals surface area contributed by atoms with Gasteiger partial charge in [0.1, 0.15) is 5.75 Å². The lowest BCUT2D eigenvalue weighted by molar-refractivity contribution is -0.137. The summed E-state index contributed by atoms with van der Waals surface area (Å²) in [5, 5.41) is -0.291. The van der Waals surface area contributed by atoms with Gasteiger partial charge in [-0.25, -0.2) is 8.42 Å². The molecule has 0 saturated carbocycles. The number of nitrogens with zero attached hydrogens (tertiary/aromatic N) is 2. The molecule has 10 heteroatoms. The standard InChI is InChI=1S/C20H16ClF3N2O3S/c1-29-16-7-5-6-15(11-16)26(30(27,28)17-8-3-2-4-9-17)13-19-18(21)10-14(12-25-19)20(22,23)24/h2-12H,13H2,1H3. The zero-order chi connectivity index (χ0) is 21.9. The maximum atomic E-state index is 13.3. The molecule has 0 N–H and O–H groups in total. The zero-order valence-corrected chi connectivity index (χ0v) is 17.2. The molecule has 3 rings (SSSR count). The Bertz CT molecular complexity index is 1140. The summed E-state index contributed by atoms with van der Waals surface area (Å²) in [7, 11) is -2.64. The van der Waals surface area contributed by atoms with Crippen molar-refractivity contribution in [3.63, 3.8) is 0 Å². The predicted octanol–water partition coefficient (Wildman–Crippen LogP) is 5.16. The van der Waals surface area contributed by atoms with E-state index in [1.54, 1.807) is 36.4 Å². The van der Waals surface area contributed by atoms with Crippen molar-refractivity contribution in [1.29, 1.82) is 0 Å². The van der Waals surface area contributed by atoms with Crippen molar-refractivity contribution in [2.24, 2.45) is 0 Å². The van der Waals surface area contributed by atoms with Gasteiger partial charge in [-0.1, -0.05) is 35.9 Å². The van der Waals surface area contributed by atoms with Crippen LogP contribution in [0.4, 0.5) is 18.9 Å². The molecule has 0 spiro atoms. The Labute approximate surface area is 176 Å². The summed E-state index contributed by atoms with van der Waals surface area (Å²) < 4.78 is 71.5. The Morgan fingerprint density at radius 3 is 2.37 bits per heavy atom. The van der Waals surface area contributed by atoms with E-state index in [1.165, 1.54) is 25.3 Å². The summed E-state index contributed by atoms with van der Waals surface area (Å²) >= 11 is 6.01. The number of pyridine rings is 1. The zero-order valence-electron chi connectivity index (χ0n) is 15.6. The van der Waals surface area contributed by atoms with Crippen LogP contribution in [0.3, 0.4) is 0 Å². The highest BCUT2D eigenvalue weighted by molar-refractivity contribution is 7.92. The topological polar surface area (TPSA) is 59.5 Å². The number of hydrogen-bond acceptors (Lipinski definition) is 4. The lowest BCUT2D eigenvalue weighted by Gasteiger charge is -2.25. The summed E-state index contributed by atoms with van der Waals surface area (Å²) in [5.41, 5.74) is -0.793. The van der Waals surface area contributed by atoms with Crippen molar-refractivity contribution in [2.45, 2.75) is 17.6 Å². The van der Waals surface area contributed by atoms with Gasteiger partial charge >= 0.3 is 6.18 Å². The molecule has 0 radical (unpaired) electrons. The van der Waals surface area contributed by atoms with Crippen molar-refractivity contribution in [3.05, 3.63) is 83.1 Å². The minimum Gasteiger partial charge on any atom is -0.497 e. The molecule has 158 valence electrons. The van der Waals surface area contributed by atoms with E-state index in [4.69, 9.17) is 16.3 Å². The fourth-order valence-corrected chi connectivity index (χ4v) is 4.34. The van der Waals surface area contributed by atoms with Crippen LogP contribution in [0.25, 0.3) is 0 Å². The molecule has 0 aliphatic heterocycles. The number of alkyl halides is 3. The molecule has 0 bridgehead atoms. The van der Waals surface area contributed by atoms with E-state index < -0.39 is 21.8 Å². The monoisotopic (exact) mass is 456 g/mol. The Morgan fingerprint density at radius 1 is 1.07 bits per heavy atom. The van der Waals surface area contributed by atoms with Gasteiger partial charge in [0, 0.05) is 12.3 Å². The summed E-state index contributed by atoms with van der Waals surface area (Å²) in [6.07, 6.45) is -3.99. The molecule has 2 aromatic carbocycles. The molecule has 0 amide bonds. The number of rotatable bonds is 6. The second kappa shape index (κ2) is 8.53. The summed E-state index contributed by atoms with van der Waals surface area (Å²) in [6, 6.07) is 14.7. The number of benzene rings is 2. The van der Waals surface area contributed by atoms with Gasteiger partial charge in [0.15, 0.2) is 0 Å². The van der Waals surface area contributed by atoms with E-state index in [2.05, 4.69) is 4.98 Å². The fraction of sp³-hybridized carbons (Fsp3) is 0.150. The molecule has 5 nitrogen and oxygen atoms in total. The smallest absolute Gasteiger partial charge is 0.417 e. The molecule has 0 aliphatic rings. The van der Waals surface area contributed by atoms with E-state index in [9.17, 15) is 21.6 Å². The fourth-order valence-electron chi connectivity index (χ4n) is 2.67. The number of aromatic nitrogens is 1. The Kier molecular flexibility index (Phi) is 6.23. The van der Waals surface area contributed by atoms with Crippen molar-refractivity contribution in [2.75, 3.05) is 11.4 Å². The predicted molar refractivity (Wildman–Crippen MR) is 107 cm³/mol. The number of sulfonamides is 1. The van der Waals surface area contributed by atoms with Gasteiger partial charge in [-0.2, -0.15) is 13.2 Å². The van der Waals surface area contributed by atoms with Gasteiger partial charge in [-0.3, -0.25) is 9.29 Å². The van der Waals surface area contributed by atoms with Gasteiger partial charge in [0.25, 0.3) is 10.0 Å². The molecule has 0 atom stereocenters. The number of anilines is 1. The molecule has 1 aromatic heterocycles. The number of hydrogen-bond donors (Lipinski definition) is 0. The summed E-state index contributed by atoms with van der Waals surface area (Å²) in [5.74, 6) is 0.409. The van der Waals surface area contributed by atoms with E-state index in [-0.39, 0.29) is 27.8 Å². The largest absolute Gasteiger partial charge is 0.497 e. The molecule has 0 aliphatic carbocycles. The molecule has 30 heavy (non-hydrogen) atoms. The molecule has 3 aromatic rings. The van der Waals surface area contributed by atoms with Crippen molar-refractivity contribution in [1.82, 2.24) is 4.98 Å². The summed E-state index contributed by atoms with van der Waals surface area (Å²) in [4.78, 5) is 3.78. The van der Waals surface area contributed by atoms with E-state index >= 15 is 0 Å². The Balaban J connectivity index is 2.09. The van der Waals surface area contributed by atoms with Crippen LogP contribution in [0.15, 0.2) is 71.8 Å². The number of halogens is 4. The lowest BCUT2D eigenvalue weighted by atomic mass is 10.2. The molecule has 0 saturated heterocycles. The average Bonchev–Trinajstić information content (AvgIpc) is 2.72. The van der Waals surface area contributed by atoms with Crippen LogP contribution in [-0.4, -0.2) is 20.5 Å².